The minimum absolute atomic E-state index is 0.120. The number of aliphatic hydroxyl groups excluding tert-OH is 1. The van der Waals surface area contributed by atoms with Crippen LogP contribution in [0.1, 0.15) is 6.42 Å². The first-order valence-electron chi connectivity index (χ1n) is 6.58. The third kappa shape index (κ3) is 4.88. The Morgan fingerprint density at radius 1 is 1.14 bits per heavy atom. The van der Waals surface area contributed by atoms with Crippen LogP contribution < -0.4 is 10.1 Å². The summed E-state index contributed by atoms with van der Waals surface area (Å²) in [5.41, 5.74) is 0.683. The Balaban J connectivity index is 2.03. The first-order chi connectivity index (χ1) is 10.2. The van der Waals surface area contributed by atoms with Crippen molar-refractivity contribution in [2.45, 2.75) is 12.5 Å². The number of hydrogen-bond donors (Lipinski definition) is 2. The number of amides is 1. The summed E-state index contributed by atoms with van der Waals surface area (Å²) in [5, 5.41) is 11.9. The van der Waals surface area contributed by atoms with Gasteiger partial charge in [-0.1, -0.05) is 34.1 Å². The SMILES string of the molecule is O=C(Nc1ccc(Br)cc1)[C@H](CCO)Oc1ccccc1. The van der Waals surface area contributed by atoms with Crippen molar-refractivity contribution in [1.82, 2.24) is 0 Å². The lowest BCUT2D eigenvalue weighted by Gasteiger charge is -2.18. The molecule has 110 valence electrons. The van der Waals surface area contributed by atoms with Gasteiger partial charge in [0.15, 0.2) is 6.10 Å². The Bertz CT molecular complexity index is 572. The zero-order valence-electron chi connectivity index (χ0n) is 11.3. The maximum Gasteiger partial charge on any atom is 0.265 e. The van der Waals surface area contributed by atoms with Gasteiger partial charge in [-0.3, -0.25) is 4.79 Å². The minimum Gasteiger partial charge on any atom is -0.481 e. The van der Waals surface area contributed by atoms with Crippen molar-refractivity contribution < 1.29 is 14.6 Å². The van der Waals surface area contributed by atoms with E-state index in [-0.39, 0.29) is 18.9 Å². The van der Waals surface area contributed by atoms with Crippen LogP contribution in [0.15, 0.2) is 59.1 Å². The fourth-order valence-corrected chi connectivity index (χ4v) is 2.04. The molecule has 0 heterocycles. The van der Waals surface area contributed by atoms with Crippen molar-refractivity contribution in [1.29, 1.82) is 0 Å². The van der Waals surface area contributed by atoms with Crippen LogP contribution in [0, 0.1) is 0 Å². The second-order valence-electron chi connectivity index (χ2n) is 4.43. The maximum absolute atomic E-state index is 12.2. The van der Waals surface area contributed by atoms with Crippen molar-refractivity contribution in [3.8, 4) is 5.75 Å². The summed E-state index contributed by atoms with van der Waals surface area (Å²) in [4.78, 5) is 12.2. The Morgan fingerprint density at radius 2 is 1.81 bits per heavy atom. The Labute approximate surface area is 131 Å². The van der Waals surface area contributed by atoms with Gasteiger partial charge in [0.25, 0.3) is 5.91 Å². The fourth-order valence-electron chi connectivity index (χ4n) is 1.78. The van der Waals surface area contributed by atoms with E-state index in [0.717, 1.165) is 4.47 Å². The molecule has 0 aromatic heterocycles. The van der Waals surface area contributed by atoms with Crippen molar-refractivity contribution in [2.75, 3.05) is 11.9 Å². The monoisotopic (exact) mass is 349 g/mol. The summed E-state index contributed by atoms with van der Waals surface area (Å²) < 4.78 is 6.57. The van der Waals surface area contributed by atoms with E-state index < -0.39 is 6.10 Å². The highest BCUT2D eigenvalue weighted by atomic mass is 79.9. The third-order valence-electron chi connectivity index (χ3n) is 2.82. The van der Waals surface area contributed by atoms with Gasteiger partial charge in [0.1, 0.15) is 5.75 Å². The van der Waals surface area contributed by atoms with Crippen molar-refractivity contribution in [3.63, 3.8) is 0 Å². The summed E-state index contributed by atoms with van der Waals surface area (Å²) in [6, 6.07) is 16.4. The van der Waals surface area contributed by atoms with Crippen molar-refractivity contribution in [3.05, 3.63) is 59.1 Å². The van der Waals surface area contributed by atoms with Crippen LogP contribution in [-0.4, -0.2) is 23.7 Å². The molecule has 2 rings (SSSR count). The molecule has 2 aromatic carbocycles. The highest BCUT2D eigenvalue weighted by Crippen LogP contribution is 2.16. The number of carbonyl (C=O) groups excluding carboxylic acids is 1. The molecule has 2 N–H and O–H groups in total. The number of nitrogens with one attached hydrogen (secondary N) is 1. The first kappa shape index (κ1) is 15.5. The predicted octanol–water partition coefficient (Wildman–Crippen LogP) is 3.22. The van der Waals surface area contributed by atoms with Crippen LogP contribution in [-0.2, 0) is 4.79 Å². The Kier molecular flexibility index (Phi) is 5.78. The molecule has 21 heavy (non-hydrogen) atoms. The lowest BCUT2D eigenvalue weighted by Crippen LogP contribution is -2.33. The van der Waals surface area contributed by atoms with Gasteiger partial charge >= 0.3 is 0 Å². The number of aliphatic hydroxyl groups is 1. The number of para-hydroxylation sites is 1. The summed E-state index contributed by atoms with van der Waals surface area (Å²) in [6.07, 6.45) is -0.502. The van der Waals surface area contributed by atoms with Crippen LogP contribution in [0.2, 0.25) is 0 Å². The number of halogens is 1. The largest absolute Gasteiger partial charge is 0.481 e. The number of hydrogen-bond acceptors (Lipinski definition) is 3. The third-order valence-corrected chi connectivity index (χ3v) is 3.35. The number of benzene rings is 2. The quantitative estimate of drug-likeness (QED) is 0.841. The minimum atomic E-state index is -0.735. The fraction of sp³-hybridized carbons (Fsp3) is 0.188. The molecule has 0 spiro atoms. The summed E-state index contributed by atoms with van der Waals surface area (Å²) in [7, 11) is 0. The Morgan fingerprint density at radius 3 is 2.43 bits per heavy atom. The molecular weight excluding hydrogens is 334 g/mol. The molecule has 0 radical (unpaired) electrons. The molecule has 0 aliphatic carbocycles. The summed E-state index contributed by atoms with van der Waals surface area (Å²) in [6.45, 7) is -0.120. The molecule has 1 atom stereocenters. The van der Waals surface area contributed by atoms with E-state index in [4.69, 9.17) is 9.84 Å². The second kappa shape index (κ2) is 7.81. The molecule has 2 aromatic rings. The van der Waals surface area contributed by atoms with Crippen LogP contribution in [0.25, 0.3) is 0 Å². The van der Waals surface area contributed by atoms with Gasteiger partial charge in [0.05, 0.1) is 0 Å². The van der Waals surface area contributed by atoms with Gasteiger partial charge in [-0.25, -0.2) is 0 Å². The number of carbonyl (C=O) groups is 1. The maximum atomic E-state index is 12.2. The number of anilines is 1. The van der Waals surface area contributed by atoms with E-state index in [2.05, 4.69) is 21.2 Å². The molecule has 0 saturated heterocycles. The zero-order valence-corrected chi connectivity index (χ0v) is 12.9. The van der Waals surface area contributed by atoms with Crippen LogP contribution >= 0.6 is 15.9 Å². The highest BCUT2D eigenvalue weighted by molar-refractivity contribution is 9.10. The van der Waals surface area contributed by atoms with Crippen LogP contribution in [0.3, 0.4) is 0 Å². The first-order valence-corrected chi connectivity index (χ1v) is 7.37. The molecule has 0 unspecified atom stereocenters. The molecule has 1 amide bonds. The standard InChI is InChI=1S/C16H16BrNO3/c17-12-6-8-13(9-7-12)18-16(20)15(10-11-19)21-14-4-2-1-3-5-14/h1-9,15,19H,10-11H2,(H,18,20)/t15-/m0/s1. The molecule has 0 fully saturated rings. The van der Waals surface area contributed by atoms with Gasteiger partial charge in [0, 0.05) is 23.2 Å². The topological polar surface area (TPSA) is 58.6 Å². The Hall–Kier alpha value is -1.85. The molecule has 0 saturated carbocycles. The van der Waals surface area contributed by atoms with Gasteiger partial charge in [-0.2, -0.15) is 0 Å². The molecule has 5 heteroatoms. The zero-order chi connectivity index (χ0) is 15.1. The van der Waals surface area contributed by atoms with E-state index >= 15 is 0 Å². The number of ether oxygens (including phenoxy) is 1. The van der Waals surface area contributed by atoms with E-state index in [1.54, 1.807) is 24.3 Å². The van der Waals surface area contributed by atoms with E-state index in [1.165, 1.54) is 0 Å². The summed E-state index contributed by atoms with van der Waals surface area (Å²) >= 11 is 3.34. The van der Waals surface area contributed by atoms with Gasteiger partial charge in [0.2, 0.25) is 0 Å². The lowest BCUT2D eigenvalue weighted by atomic mass is 10.2. The second-order valence-corrected chi connectivity index (χ2v) is 5.34. The molecular formula is C16H16BrNO3. The number of rotatable bonds is 6. The van der Waals surface area contributed by atoms with Gasteiger partial charge < -0.3 is 15.2 Å². The van der Waals surface area contributed by atoms with E-state index in [1.807, 2.05) is 30.3 Å². The van der Waals surface area contributed by atoms with Gasteiger partial charge in [-0.05, 0) is 36.4 Å². The summed E-state index contributed by atoms with van der Waals surface area (Å²) in [5.74, 6) is 0.317. The molecule has 0 bridgehead atoms. The normalized spacial score (nSPS) is 11.7. The van der Waals surface area contributed by atoms with Crippen molar-refractivity contribution >= 4 is 27.5 Å². The lowest BCUT2D eigenvalue weighted by molar-refractivity contribution is -0.123. The van der Waals surface area contributed by atoms with E-state index in [0.29, 0.717) is 11.4 Å². The van der Waals surface area contributed by atoms with E-state index in [9.17, 15) is 4.79 Å². The smallest absolute Gasteiger partial charge is 0.265 e. The van der Waals surface area contributed by atoms with Gasteiger partial charge in [-0.15, -0.1) is 0 Å². The molecule has 4 nitrogen and oxygen atoms in total. The average molecular weight is 350 g/mol. The van der Waals surface area contributed by atoms with Crippen LogP contribution in [0.5, 0.6) is 5.75 Å². The van der Waals surface area contributed by atoms with Crippen LogP contribution in [0.4, 0.5) is 5.69 Å². The predicted molar refractivity (Wildman–Crippen MR) is 85.3 cm³/mol. The molecule has 0 aliphatic rings. The average Bonchev–Trinajstić information content (AvgIpc) is 2.50. The molecule has 0 aliphatic heterocycles. The highest BCUT2D eigenvalue weighted by Gasteiger charge is 2.20. The van der Waals surface area contributed by atoms with Crippen molar-refractivity contribution in [2.24, 2.45) is 0 Å².